The van der Waals surface area contributed by atoms with Gasteiger partial charge in [0.15, 0.2) is 0 Å². The van der Waals surface area contributed by atoms with Crippen LogP contribution >= 0.6 is 0 Å². The molecule has 7 heteroatoms. The van der Waals surface area contributed by atoms with E-state index in [4.69, 9.17) is 0 Å². The number of sulfonamides is 1. The maximum atomic E-state index is 13.6. The molecule has 1 fully saturated rings. The quantitative estimate of drug-likeness (QED) is 0.907. The summed E-state index contributed by atoms with van der Waals surface area (Å²) in [7, 11) is -3.87. The number of para-hydroxylation sites is 1. The molecule has 120 valence electrons. The molecule has 0 aliphatic heterocycles. The molecule has 0 radical (unpaired) electrons. The number of halogens is 2. The van der Waals surface area contributed by atoms with Gasteiger partial charge in [0, 0.05) is 35.5 Å². The van der Waals surface area contributed by atoms with E-state index in [1.54, 1.807) is 31.2 Å². The molecule has 1 aromatic carbocycles. The van der Waals surface area contributed by atoms with E-state index in [0.717, 1.165) is 0 Å². The summed E-state index contributed by atoms with van der Waals surface area (Å²) in [6, 6.07) is 7.00. The third kappa shape index (κ3) is 2.87. The van der Waals surface area contributed by atoms with Crippen molar-refractivity contribution in [2.75, 3.05) is 0 Å². The van der Waals surface area contributed by atoms with Gasteiger partial charge in [-0.3, -0.25) is 0 Å². The third-order valence-corrected chi connectivity index (χ3v) is 5.82. The first-order valence-corrected chi connectivity index (χ1v) is 8.67. The molecule has 1 atom stereocenters. The van der Waals surface area contributed by atoms with Crippen molar-refractivity contribution in [3.05, 3.63) is 30.5 Å². The molecule has 1 aliphatic carbocycles. The molecule has 2 aromatic rings. The van der Waals surface area contributed by atoms with Crippen LogP contribution in [0.15, 0.2) is 35.4 Å². The summed E-state index contributed by atoms with van der Waals surface area (Å²) in [4.78, 5) is 2.99. The lowest BCUT2D eigenvalue weighted by Gasteiger charge is -2.38. The number of fused-ring (bicyclic) bond motifs is 1. The van der Waals surface area contributed by atoms with Crippen LogP contribution in [0.5, 0.6) is 0 Å². The van der Waals surface area contributed by atoms with Crippen molar-refractivity contribution in [1.82, 2.24) is 9.71 Å². The summed E-state index contributed by atoms with van der Waals surface area (Å²) in [5.74, 6) is -2.82. The highest BCUT2D eigenvalue weighted by molar-refractivity contribution is 7.89. The van der Waals surface area contributed by atoms with Crippen molar-refractivity contribution in [3.63, 3.8) is 0 Å². The van der Waals surface area contributed by atoms with Gasteiger partial charge in [-0.2, -0.15) is 0 Å². The lowest BCUT2D eigenvalue weighted by Crippen LogP contribution is -2.51. The van der Waals surface area contributed by atoms with Gasteiger partial charge in [0.05, 0.1) is 0 Å². The first-order valence-electron chi connectivity index (χ1n) is 7.19. The molecule has 0 amide bonds. The standard InChI is InChI=1S/C15H18F2N2O2S/c1-14(7-4-8-15(16,17)10-14)19-22(20,21)13-9-18-12-6-3-2-5-11(12)13/h2-3,5-6,9,18-19H,4,7-8,10H2,1H3. The fraction of sp³-hybridized carbons (Fsp3) is 0.467. The number of aromatic amines is 1. The Morgan fingerprint density at radius 1 is 1.23 bits per heavy atom. The smallest absolute Gasteiger partial charge is 0.249 e. The minimum Gasteiger partial charge on any atom is -0.360 e. The van der Waals surface area contributed by atoms with Crippen molar-refractivity contribution in [1.29, 1.82) is 0 Å². The normalized spacial score (nSPS) is 25.4. The molecule has 22 heavy (non-hydrogen) atoms. The summed E-state index contributed by atoms with van der Waals surface area (Å²) >= 11 is 0. The monoisotopic (exact) mass is 328 g/mol. The van der Waals surface area contributed by atoms with Crippen LogP contribution in [0.3, 0.4) is 0 Å². The van der Waals surface area contributed by atoms with Gasteiger partial charge in [0.2, 0.25) is 15.9 Å². The van der Waals surface area contributed by atoms with Gasteiger partial charge >= 0.3 is 0 Å². The lowest BCUT2D eigenvalue weighted by molar-refractivity contribution is -0.0588. The van der Waals surface area contributed by atoms with Crippen LogP contribution in [0.1, 0.15) is 32.6 Å². The van der Waals surface area contributed by atoms with Crippen molar-refractivity contribution < 1.29 is 17.2 Å². The fourth-order valence-electron chi connectivity index (χ4n) is 3.22. The van der Waals surface area contributed by atoms with E-state index in [0.29, 0.717) is 23.7 Å². The van der Waals surface area contributed by atoms with Crippen LogP contribution in [0.25, 0.3) is 10.9 Å². The van der Waals surface area contributed by atoms with E-state index in [1.165, 1.54) is 6.20 Å². The van der Waals surface area contributed by atoms with E-state index in [2.05, 4.69) is 9.71 Å². The Morgan fingerprint density at radius 3 is 2.68 bits per heavy atom. The Hall–Kier alpha value is -1.47. The summed E-state index contributed by atoms with van der Waals surface area (Å²) in [5, 5.41) is 0.557. The maximum Gasteiger partial charge on any atom is 0.249 e. The molecular formula is C15H18F2N2O2S. The lowest BCUT2D eigenvalue weighted by atomic mass is 9.82. The maximum absolute atomic E-state index is 13.6. The van der Waals surface area contributed by atoms with Crippen LogP contribution in [0.4, 0.5) is 8.78 Å². The Kier molecular flexibility index (Phi) is 3.52. The molecule has 3 rings (SSSR count). The number of nitrogens with one attached hydrogen (secondary N) is 2. The minimum absolute atomic E-state index is 0.0956. The average molecular weight is 328 g/mol. The number of benzene rings is 1. The zero-order chi connectivity index (χ0) is 16.0. The zero-order valence-corrected chi connectivity index (χ0v) is 13.0. The minimum atomic E-state index is -3.87. The highest BCUT2D eigenvalue weighted by Gasteiger charge is 2.45. The Morgan fingerprint density at radius 2 is 1.95 bits per heavy atom. The largest absolute Gasteiger partial charge is 0.360 e. The summed E-state index contributed by atoms with van der Waals surface area (Å²) < 4.78 is 55.0. The number of alkyl halides is 2. The molecular weight excluding hydrogens is 310 g/mol. The van der Waals surface area contributed by atoms with Crippen LogP contribution in [-0.2, 0) is 10.0 Å². The van der Waals surface area contributed by atoms with Crippen LogP contribution in [0, 0.1) is 0 Å². The number of aromatic nitrogens is 1. The van der Waals surface area contributed by atoms with Gasteiger partial charge in [0.1, 0.15) is 4.90 Å². The predicted octanol–water partition coefficient (Wildman–Crippen LogP) is 3.41. The van der Waals surface area contributed by atoms with Crippen molar-refractivity contribution in [2.24, 2.45) is 0 Å². The van der Waals surface area contributed by atoms with Crippen LogP contribution in [0.2, 0.25) is 0 Å². The molecule has 0 bridgehead atoms. The van der Waals surface area contributed by atoms with Gasteiger partial charge in [-0.1, -0.05) is 18.2 Å². The van der Waals surface area contributed by atoms with Crippen molar-refractivity contribution in [3.8, 4) is 0 Å². The molecule has 1 heterocycles. The van der Waals surface area contributed by atoms with Gasteiger partial charge in [0.25, 0.3) is 0 Å². The first kappa shape index (κ1) is 15.4. The molecule has 1 unspecified atom stereocenters. The molecule has 0 spiro atoms. The highest BCUT2D eigenvalue weighted by atomic mass is 32.2. The number of hydrogen-bond donors (Lipinski definition) is 2. The second-order valence-corrected chi connectivity index (χ2v) is 7.90. The predicted molar refractivity (Wildman–Crippen MR) is 80.4 cm³/mol. The van der Waals surface area contributed by atoms with E-state index in [-0.39, 0.29) is 11.3 Å². The van der Waals surface area contributed by atoms with E-state index < -0.39 is 27.9 Å². The zero-order valence-electron chi connectivity index (χ0n) is 12.2. The molecule has 2 N–H and O–H groups in total. The van der Waals surface area contributed by atoms with Gasteiger partial charge in [-0.25, -0.2) is 21.9 Å². The number of H-pyrrole nitrogens is 1. The number of hydrogen-bond acceptors (Lipinski definition) is 2. The molecule has 1 aliphatic rings. The molecule has 0 saturated heterocycles. The first-order chi connectivity index (χ1) is 10.2. The second-order valence-electron chi connectivity index (χ2n) is 6.25. The van der Waals surface area contributed by atoms with Crippen LogP contribution in [-0.4, -0.2) is 24.9 Å². The van der Waals surface area contributed by atoms with Crippen molar-refractivity contribution >= 4 is 20.9 Å². The van der Waals surface area contributed by atoms with Gasteiger partial charge in [-0.15, -0.1) is 0 Å². The molecule has 1 saturated carbocycles. The molecule has 1 aromatic heterocycles. The Bertz CT molecular complexity index is 801. The van der Waals surface area contributed by atoms with E-state index >= 15 is 0 Å². The average Bonchev–Trinajstić information content (AvgIpc) is 2.80. The summed E-state index contributed by atoms with van der Waals surface area (Å²) in [6.07, 6.45) is 1.46. The van der Waals surface area contributed by atoms with Gasteiger partial charge < -0.3 is 4.98 Å². The SMILES string of the molecule is CC1(NS(=O)(=O)c2c[nH]c3ccccc23)CCCC(F)(F)C1. The van der Waals surface area contributed by atoms with Crippen molar-refractivity contribution in [2.45, 2.75) is 49.0 Å². The van der Waals surface area contributed by atoms with Crippen LogP contribution < -0.4 is 4.72 Å². The Balaban J connectivity index is 1.94. The summed E-state index contributed by atoms with van der Waals surface area (Å²) in [6.45, 7) is 1.55. The fourth-order valence-corrected chi connectivity index (χ4v) is 4.83. The third-order valence-electron chi connectivity index (χ3n) is 4.14. The topological polar surface area (TPSA) is 62.0 Å². The molecule has 4 nitrogen and oxygen atoms in total. The van der Waals surface area contributed by atoms with Gasteiger partial charge in [-0.05, 0) is 25.8 Å². The van der Waals surface area contributed by atoms with E-state index in [1.807, 2.05) is 0 Å². The highest BCUT2D eigenvalue weighted by Crippen LogP contribution is 2.40. The Labute approximate surface area is 128 Å². The summed E-state index contributed by atoms with van der Waals surface area (Å²) in [5.41, 5.74) is -0.430. The number of rotatable bonds is 3. The second kappa shape index (κ2) is 5.03. The van der Waals surface area contributed by atoms with E-state index in [9.17, 15) is 17.2 Å².